The quantitative estimate of drug-likeness (QED) is 0.513. The molecule has 1 fully saturated rings. The molecule has 1 saturated heterocycles. The van der Waals surface area contributed by atoms with Crippen LogP contribution in [0.5, 0.6) is 0 Å². The van der Waals surface area contributed by atoms with Crippen LogP contribution in [0.15, 0.2) is 0 Å². The summed E-state index contributed by atoms with van der Waals surface area (Å²) in [5.74, 6) is 0. The fourth-order valence-corrected chi connectivity index (χ4v) is 2.56. The van der Waals surface area contributed by atoms with Gasteiger partial charge in [-0.05, 0) is 19.3 Å². The maximum atomic E-state index is 2.49. The predicted molar refractivity (Wildman–Crippen MR) is 53.3 cm³/mol. The van der Waals surface area contributed by atoms with E-state index in [1.165, 1.54) is 38.6 Å². The van der Waals surface area contributed by atoms with E-state index in [1.54, 1.807) is 0 Å². The number of hydrogen-bond donors (Lipinski definition) is 0. The summed E-state index contributed by atoms with van der Waals surface area (Å²) in [6.07, 6.45) is 7.02. The van der Waals surface area contributed by atoms with E-state index in [-0.39, 0.29) is 0 Å². The third-order valence-corrected chi connectivity index (χ3v) is 3.55. The van der Waals surface area contributed by atoms with Crippen molar-refractivity contribution in [1.82, 2.24) is 3.11 Å². The van der Waals surface area contributed by atoms with Gasteiger partial charge in [0.25, 0.3) is 0 Å². The summed E-state index contributed by atoms with van der Waals surface area (Å²) in [4.78, 5) is 0. The Morgan fingerprint density at radius 2 is 2.20 bits per heavy atom. The molecule has 0 N–H and O–H groups in total. The molecule has 0 spiro atoms. The zero-order valence-corrected chi connectivity index (χ0v) is 8.80. The standard InChI is InChI=1S/C8H16IN/c1-2-8-6-4-3-5-7-10(8)9/h8H,2-7H2,1H3. The van der Waals surface area contributed by atoms with Gasteiger partial charge in [-0.1, -0.05) is 19.8 Å². The Bertz CT molecular complexity index is 95.3. The lowest BCUT2D eigenvalue weighted by molar-refractivity contribution is 0.375. The highest BCUT2D eigenvalue weighted by Crippen LogP contribution is 2.21. The zero-order valence-electron chi connectivity index (χ0n) is 6.65. The molecule has 60 valence electrons. The molecule has 0 aliphatic carbocycles. The Hall–Kier alpha value is 0.690. The number of nitrogens with zero attached hydrogens (tertiary/aromatic N) is 1. The summed E-state index contributed by atoms with van der Waals surface area (Å²) < 4.78 is 2.49. The van der Waals surface area contributed by atoms with Gasteiger partial charge in [0.15, 0.2) is 0 Å². The van der Waals surface area contributed by atoms with Gasteiger partial charge in [-0.2, -0.15) is 0 Å². The van der Waals surface area contributed by atoms with Crippen LogP contribution in [0.2, 0.25) is 0 Å². The largest absolute Gasteiger partial charge is 0.244 e. The van der Waals surface area contributed by atoms with Crippen molar-refractivity contribution < 1.29 is 0 Å². The molecular weight excluding hydrogens is 237 g/mol. The van der Waals surface area contributed by atoms with Gasteiger partial charge in [-0.3, -0.25) is 0 Å². The highest BCUT2D eigenvalue weighted by atomic mass is 127. The molecule has 1 atom stereocenters. The summed E-state index contributed by atoms with van der Waals surface area (Å²) >= 11 is 2.48. The second-order valence-corrected chi connectivity index (χ2v) is 4.27. The van der Waals surface area contributed by atoms with Gasteiger partial charge in [0, 0.05) is 35.5 Å². The first-order chi connectivity index (χ1) is 4.84. The van der Waals surface area contributed by atoms with E-state index in [0.717, 1.165) is 6.04 Å². The maximum Gasteiger partial charge on any atom is 0.0204 e. The van der Waals surface area contributed by atoms with Crippen LogP contribution < -0.4 is 0 Å². The molecule has 0 bridgehead atoms. The molecule has 1 unspecified atom stereocenters. The molecular formula is C8H16IN. The summed E-state index contributed by atoms with van der Waals surface area (Å²) in [6.45, 7) is 3.60. The first kappa shape index (κ1) is 8.78. The molecule has 1 aliphatic rings. The summed E-state index contributed by atoms with van der Waals surface area (Å²) in [5.41, 5.74) is 0. The van der Waals surface area contributed by atoms with Crippen molar-refractivity contribution in [3.05, 3.63) is 0 Å². The third kappa shape index (κ3) is 2.38. The Balaban J connectivity index is 2.35. The molecule has 0 radical (unpaired) electrons. The minimum absolute atomic E-state index is 0.864. The summed E-state index contributed by atoms with van der Waals surface area (Å²) in [5, 5.41) is 0. The average Bonchev–Trinajstić information content (AvgIpc) is 2.13. The predicted octanol–water partition coefficient (Wildman–Crippen LogP) is 2.99. The van der Waals surface area contributed by atoms with Gasteiger partial charge in [-0.25, -0.2) is 3.11 Å². The number of hydrogen-bond acceptors (Lipinski definition) is 1. The SMILES string of the molecule is CCC1CCCCCN1I. The van der Waals surface area contributed by atoms with E-state index >= 15 is 0 Å². The average molecular weight is 253 g/mol. The van der Waals surface area contributed by atoms with Crippen molar-refractivity contribution in [3.63, 3.8) is 0 Å². The molecule has 0 amide bonds. The van der Waals surface area contributed by atoms with Crippen molar-refractivity contribution in [3.8, 4) is 0 Å². The monoisotopic (exact) mass is 253 g/mol. The number of rotatable bonds is 1. The normalized spacial score (nSPS) is 30.0. The Morgan fingerprint density at radius 3 is 2.90 bits per heavy atom. The van der Waals surface area contributed by atoms with Gasteiger partial charge in [-0.15, -0.1) is 0 Å². The first-order valence-corrected chi connectivity index (χ1v) is 5.23. The molecule has 0 aromatic carbocycles. The van der Waals surface area contributed by atoms with Gasteiger partial charge in [0.1, 0.15) is 0 Å². The fourth-order valence-electron chi connectivity index (χ4n) is 1.54. The van der Waals surface area contributed by atoms with Crippen molar-refractivity contribution >= 4 is 22.9 Å². The molecule has 2 heteroatoms. The van der Waals surface area contributed by atoms with Crippen LogP contribution >= 0.6 is 22.9 Å². The van der Waals surface area contributed by atoms with Crippen LogP contribution in [0.4, 0.5) is 0 Å². The van der Waals surface area contributed by atoms with E-state index < -0.39 is 0 Å². The van der Waals surface area contributed by atoms with Crippen LogP contribution in [0.3, 0.4) is 0 Å². The maximum absolute atomic E-state index is 2.49. The lowest BCUT2D eigenvalue weighted by Gasteiger charge is -2.21. The Labute approximate surface area is 77.7 Å². The molecule has 10 heavy (non-hydrogen) atoms. The lowest BCUT2D eigenvalue weighted by atomic mass is 10.1. The molecule has 0 aromatic rings. The molecule has 1 rings (SSSR count). The molecule has 1 aliphatic heterocycles. The fraction of sp³-hybridized carbons (Fsp3) is 1.00. The minimum atomic E-state index is 0.864. The lowest BCUT2D eigenvalue weighted by Crippen LogP contribution is -2.24. The second kappa shape index (κ2) is 4.54. The van der Waals surface area contributed by atoms with E-state index in [4.69, 9.17) is 0 Å². The highest BCUT2D eigenvalue weighted by molar-refractivity contribution is 14.1. The van der Waals surface area contributed by atoms with E-state index in [9.17, 15) is 0 Å². The van der Waals surface area contributed by atoms with Crippen molar-refractivity contribution in [2.24, 2.45) is 0 Å². The van der Waals surface area contributed by atoms with Crippen LogP contribution in [0.1, 0.15) is 39.0 Å². The first-order valence-electron chi connectivity index (χ1n) is 4.27. The topological polar surface area (TPSA) is 3.24 Å². The van der Waals surface area contributed by atoms with Crippen molar-refractivity contribution in [2.45, 2.75) is 45.1 Å². The second-order valence-electron chi connectivity index (χ2n) is 3.03. The summed E-state index contributed by atoms with van der Waals surface area (Å²) in [6, 6.07) is 0.864. The molecule has 0 aromatic heterocycles. The van der Waals surface area contributed by atoms with Gasteiger partial charge in [0.05, 0.1) is 0 Å². The van der Waals surface area contributed by atoms with E-state index in [2.05, 4.69) is 32.9 Å². The molecule has 0 saturated carbocycles. The summed E-state index contributed by atoms with van der Waals surface area (Å²) in [7, 11) is 0. The highest BCUT2D eigenvalue weighted by Gasteiger charge is 2.15. The van der Waals surface area contributed by atoms with Gasteiger partial charge >= 0.3 is 0 Å². The van der Waals surface area contributed by atoms with Gasteiger partial charge < -0.3 is 0 Å². The van der Waals surface area contributed by atoms with Crippen LogP contribution in [0.25, 0.3) is 0 Å². The molecule has 1 nitrogen and oxygen atoms in total. The smallest absolute Gasteiger partial charge is 0.0204 e. The Kier molecular flexibility index (Phi) is 3.99. The van der Waals surface area contributed by atoms with E-state index in [1.807, 2.05) is 0 Å². The molecule has 1 heterocycles. The zero-order chi connectivity index (χ0) is 7.40. The van der Waals surface area contributed by atoms with E-state index in [0.29, 0.717) is 0 Å². The van der Waals surface area contributed by atoms with Gasteiger partial charge in [0.2, 0.25) is 0 Å². The van der Waals surface area contributed by atoms with Crippen LogP contribution in [0, 0.1) is 0 Å². The minimum Gasteiger partial charge on any atom is -0.244 e. The Morgan fingerprint density at radius 1 is 1.40 bits per heavy atom. The van der Waals surface area contributed by atoms with Crippen LogP contribution in [-0.2, 0) is 0 Å². The van der Waals surface area contributed by atoms with Crippen molar-refractivity contribution in [2.75, 3.05) is 6.54 Å². The van der Waals surface area contributed by atoms with Crippen LogP contribution in [-0.4, -0.2) is 15.7 Å². The van der Waals surface area contributed by atoms with Crippen molar-refractivity contribution in [1.29, 1.82) is 0 Å². The number of halogens is 1. The third-order valence-electron chi connectivity index (χ3n) is 2.28.